The Hall–Kier alpha value is -1.79. The van der Waals surface area contributed by atoms with Gasteiger partial charge in [-0.3, -0.25) is 4.79 Å². The Morgan fingerprint density at radius 1 is 1.47 bits per heavy atom. The van der Waals surface area contributed by atoms with E-state index in [1.54, 1.807) is 0 Å². The second-order valence-corrected chi connectivity index (χ2v) is 5.30. The maximum absolute atomic E-state index is 12.2. The van der Waals surface area contributed by atoms with Crippen LogP contribution in [-0.2, 0) is 0 Å². The van der Waals surface area contributed by atoms with E-state index in [-0.39, 0.29) is 5.91 Å². The molecule has 3 N–H and O–H groups in total. The summed E-state index contributed by atoms with van der Waals surface area (Å²) >= 11 is 0. The molecule has 3 heteroatoms. The van der Waals surface area contributed by atoms with Crippen LogP contribution in [0.2, 0.25) is 0 Å². The highest BCUT2D eigenvalue weighted by Crippen LogP contribution is 2.26. The Morgan fingerprint density at radius 2 is 2.21 bits per heavy atom. The standard InChI is InChI=1S/C16H20N2O/c1-11-5-6-15(13(8-11)4-3-7-17)16(19)18-14-9-12(2)10-14/h5-6,8,12,14H,7,9-10,17H2,1-2H3,(H,18,19). The van der Waals surface area contributed by atoms with Gasteiger partial charge < -0.3 is 11.1 Å². The Labute approximate surface area is 114 Å². The summed E-state index contributed by atoms with van der Waals surface area (Å²) in [6, 6.07) is 6.03. The first-order valence-electron chi connectivity index (χ1n) is 6.70. The molecule has 100 valence electrons. The molecule has 1 aromatic rings. The van der Waals surface area contributed by atoms with Crippen LogP contribution in [0.3, 0.4) is 0 Å². The van der Waals surface area contributed by atoms with Crippen LogP contribution in [0.4, 0.5) is 0 Å². The van der Waals surface area contributed by atoms with Crippen molar-refractivity contribution in [3.8, 4) is 11.8 Å². The maximum Gasteiger partial charge on any atom is 0.252 e. The molecule has 1 saturated carbocycles. The fraction of sp³-hybridized carbons (Fsp3) is 0.438. The Balaban J connectivity index is 2.16. The highest BCUT2D eigenvalue weighted by Gasteiger charge is 2.27. The molecule has 0 unspecified atom stereocenters. The van der Waals surface area contributed by atoms with Crippen LogP contribution >= 0.6 is 0 Å². The van der Waals surface area contributed by atoms with E-state index in [0.29, 0.717) is 18.2 Å². The van der Waals surface area contributed by atoms with Gasteiger partial charge in [-0.2, -0.15) is 0 Å². The number of benzene rings is 1. The molecule has 2 rings (SSSR count). The van der Waals surface area contributed by atoms with Crippen LogP contribution in [-0.4, -0.2) is 18.5 Å². The first kappa shape index (κ1) is 13.6. The van der Waals surface area contributed by atoms with Crippen LogP contribution in [0, 0.1) is 24.7 Å². The summed E-state index contributed by atoms with van der Waals surface area (Å²) in [5, 5.41) is 3.06. The van der Waals surface area contributed by atoms with Crippen LogP contribution in [0.15, 0.2) is 18.2 Å². The minimum Gasteiger partial charge on any atom is -0.349 e. The van der Waals surface area contributed by atoms with E-state index >= 15 is 0 Å². The second-order valence-electron chi connectivity index (χ2n) is 5.30. The van der Waals surface area contributed by atoms with Crippen molar-refractivity contribution < 1.29 is 4.79 Å². The molecule has 0 atom stereocenters. The van der Waals surface area contributed by atoms with E-state index in [1.807, 2.05) is 25.1 Å². The number of carbonyl (C=O) groups excluding carboxylic acids is 1. The topological polar surface area (TPSA) is 55.1 Å². The summed E-state index contributed by atoms with van der Waals surface area (Å²) in [4.78, 5) is 12.2. The zero-order valence-corrected chi connectivity index (χ0v) is 11.5. The van der Waals surface area contributed by atoms with Gasteiger partial charge in [0.2, 0.25) is 0 Å². The normalized spacial score (nSPS) is 21.0. The highest BCUT2D eigenvalue weighted by molar-refractivity contribution is 5.97. The van der Waals surface area contributed by atoms with Gasteiger partial charge in [-0.15, -0.1) is 0 Å². The van der Waals surface area contributed by atoms with E-state index in [4.69, 9.17) is 5.73 Å². The molecule has 0 aliphatic heterocycles. The van der Waals surface area contributed by atoms with E-state index in [2.05, 4.69) is 24.1 Å². The van der Waals surface area contributed by atoms with Crippen LogP contribution < -0.4 is 11.1 Å². The van der Waals surface area contributed by atoms with E-state index in [1.165, 1.54) is 0 Å². The van der Waals surface area contributed by atoms with Crippen LogP contribution in [0.25, 0.3) is 0 Å². The molecule has 0 bridgehead atoms. The molecule has 19 heavy (non-hydrogen) atoms. The molecule has 0 radical (unpaired) electrons. The smallest absolute Gasteiger partial charge is 0.252 e. The number of hydrogen-bond donors (Lipinski definition) is 2. The summed E-state index contributed by atoms with van der Waals surface area (Å²) in [5.74, 6) is 6.48. The van der Waals surface area contributed by atoms with Gasteiger partial charge in [0, 0.05) is 11.6 Å². The van der Waals surface area contributed by atoms with Gasteiger partial charge in [-0.1, -0.05) is 24.8 Å². The number of hydrogen-bond acceptors (Lipinski definition) is 2. The molecule has 0 spiro atoms. The van der Waals surface area contributed by atoms with Crippen molar-refractivity contribution in [3.05, 3.63) is 34.9 Å². The average molecular weight is 256 g/mol. The first-order chi connectivity index (χ1) is 9.10. The third-order valence-electron chi connectivity index (χ3n) is 3.45. The van der Waals surface area contributed by atoms with Crippen molar-refractivity contribution in [3.63, 3.8) is 0 Å². The number of nitrogens with one attached hydrogen (secondary N) is 1. The lowest BCUT2D eigenvalue weighted by atomic mass is 9.82. The lowest BCUT2D eigenvalue weighted by Crippen LogP contribution is -2.43. The molecule has 0 saturated heterocycles. The fourth-order valence-electron chi connectivity index (χ4n) is 2.39. The van der Waals surface area contributed by atoms with Gasteiger partial charge in [0.15, 0.2) is 0 Å². The maximum atomic E-state index is 12.2. The quantitative estimate of drug-likeness (QED) is 0.793. The number of rotatable bonds is 2. The molecule has 1 aliphatic carbocycles. The largest absolute Gasteiger partial charge is 0.349 e. The van der Waals surface area contributed by atoms with Crippen LogP contribution in [0.1, 0.15) is 41.3 Å². The second kappa shape index (κ2) is 5.90. The highest BCUT2D eigenvalue weighted by atomic mass is 16.1. The minimum atomic E-state index is -0.0294. The monoisotopic (exact) mass is 256 g/mol. The van der Waals surface area contributed by atoms with Gasteiger partial charge >= 0.3 is 0 Å². The predicted molar refractivity (Wildman–Crippen MR) is 76.8 cm³/mol. The molecule has 1 amide bonds. The molecule has 1 fully saturated rings. The van der Waals surface area contributed by atoms with Gasteiger partial charge in [0.25, 0.3) is 5.91 Å². The van der Waals surface area contributed by atoms with E-state index in [0.717, 1.165) is 29.9 Å². The Kier molecular flexibility index (Phi) is 4.24. The Morgan fingerprint density at radius 3 is 2.84 bits per heavy atom. The minimum absolute atomic E-state index is 0.0294. The SMILES string of the molecule is Cc1ccc(C(=O)NC2CC(C)C2)c(C#CCN)c1. The van der Waals surface area contributed by atoms with Gasteiger partial charge in [-0.25, -0.2) is 0 Å². The van der Waals surface area contributed by atoms with E-state index < -0.39 is 0 Å². The van der Waals surface area contributed by atoms with Gasteiger partial charge in [0.1, 0.15) is 0 Å². The summed E-state index contributed by atoms with van der Waals surface area (Å²) in [5.41, 5.74) is 7.89. The van der Waals surface area contributed by atoms with Crippen molar-refractivity contribution in [1.82, 2.24) is 5.32 Å². The molecule has 0 heterocycles. The number of amides is 1. The van der Waals surface area contributed by atoms with Gasteiger partial charge in [-0.05, 0) is 43.4 Å². The molecule has 3 nitrogen and oxygen atoms in total. The summed E-state index contributed by atoms with van der Waals surface area (Å²) in [6.45, 7) is 4.49. The fourth-order valence-corrected chi connectivity index (χ4v) is 2.39. The Bertz CT molecular complexity index is 533. The zero-order valence-electron chi connectivity index (χ0n) is 11.5. The average Bonchev–Trinajstić information content (AvgIpc) is 2.34. The molecular formula is C16H20N2O. The zero-order chi connectivity index (χ0) is 13.8. The van der Waals surface area contributed by atoms with Crippen molar-refractivity contribution in [2.75, 3.05) is 6.54 Å². The number of aryl methyl sites for hydroxylation is 1. The lowest BCUT2D eigenvalue weighted by molar-refractivity contribution is 0.0896. The predicted octanol–water partition coefficient (Wildman–Crippen LogP) is 1.83. The summed E-state index contributed by atoms with van der Waals surface area (Å²) in [6.07, 6.45) is 2.14. The lowest BCUT2D eigenvalue weighted by Gasteiger charge is -2.33. The van der Waals surface area contributed by atoms with Crippen LogP contribution in [0.5, 0.6) is 0 Å². The molecule has 1 aliphatic rings. The summed E-state index contributed by atoms with van der Waals surface area (Å²) in [7, 11) is 0. The third-order valence-corrected chi connectivity index (χ3v) is 3.45. The summed E-state index contributed by atoms with van der Waals surface area (Å²) < 4.78 is 0. The molecule has 1 aromatic carbocycles. The van der Waals surface area contributed by atoms with Crippen molar-refractivity contribution >= 4 is 5.91 Å². The molecule has 0 aromatic heterocycles. The van der Waals surface area contributed by atoms with E-state index in [9.17, 15) is 4.79 Å². The third kappa shape index (κ3) is 3.36. The number of nitrogens with two attached hydrogens (primary N) is 1. The molecular weight excluding hydrogens is 236 g/mol. The van der Waals surface area contributed by atoms with Gasteiger partial charge in [0.05, 0.1) is 12.1 Å². The first-order valence-corrected chi connectivity index (χ1v) is 6.70. The van der Waals surface area contributed by atoms with Crippen molar-refractivity contribution in [1.29, 1.82) is 0 Å². The van der Waals surface area contributed by atoms with Crippen molar-refractivity contribution in [2.45, 2.75) is 32.7 Å². The van der Waals surface area contributed by atoms with Crippen molar-refractivity contribution in [2.24, 2.45) is 11.7 Å². The number of carbonyl (C=O) groups is 1.